The molecule has 312 valence electrons. The number of aliphatic hydroxyl groups excluding tert-OH is 2. The Morgan fingerprint density at radius 2 is 1.46 bits per heavy atom. The van der Waals surface area contributed by atoms with Gasteiger partial charge in [-0.05, 0) is 54.8 Å². The third-order valence-corrected chi connectivity index (χ3v) is 13.5. The molecule has 4 aliphatic rings. The first-order chi connectivity index (χ1) is 27.9. The van der Waals surface area contributed by atoms with Gasteiger partial charge in [0.25, 0.3) is 5.91 Å². The minimum Gasteiger partial charge on any atom is -0.456 e. The summed E-state index contributed by atoms with van der Waals surface area (Å²) in [6, 6.07) is 23.5. The van der Waals surface area contributed by atoms with E-state index in [2.05, 4.69) is 5.32 Å². The molecule has 4 N–H and O–H groups in total. The van der Waals surface area contributed by atoms with Crippen molar-refractivity contribution in [2.24, 2.45) is 22.7 Å². The van der Waals surface area contributed by atoms with Crippen LogP contribution >= 0.6 is 0 Å². The van der Waals surface area contributed by atoms with E-state index in [-0.39, 0.29) is 18.6 Å². The van der Waals surface area contributed by atoms with E-state index < -0.39 is 106 Å². The highest BCUT2D eigenvalue weighted by Crippen LogP contribution is 2.65. The zero-order chi connectivity index (χ0) is 42.7. The van der Waals surface area contributed by atoms with Crippen molar-refractivity contribution in [2.45, 2.75) is 102 Å². The van der Waals surface area contributed by atoms with Crippen molar-refractivity contribution >= 4 is 29.6 Å². The number of hydrogen-bond donors (Lipinski definition) is 4. The van der Waals surface area contributed by atoms with Gasteiger partial charge in [0.15, 0.2) is 11.7 Å². The molecule has 13 heteroatoms. The summed E-state index contributed by atoms with van der Waals surface area (Å²) in [4.78, 5) is 69.9. The van der Waals surface area contributed by atoms with E-state index in [0.717, 1.165) is 0 Å². The van der Waals surface area contributed by atoms with Crippen LogP contribution in [0.5, 0.6) is 0 Å². The summed E-state index contributed by atoms with van der Waals surface area (Å²) in [5, 5.41) is 40.0. The monoisotopic (exact) mass is 809 g/mol. The highest BCUT2D eigenvalue weighted by atomic mass is 16.6. The fourth-order valence-corrected chi connectivity index (χ4v) is 10.4. The van der Waals surface area contributed by atoms with Crippen LogP contribution in [0.4, 0.5) is 0 Å². The maximum atomic E-state index is 15.2. The van der Waals surface area contributed by atoms with Gasteiger partial charge in [-0.15, -0.1) is 0 Å². The molecule has 2 saturated carbocycles. The topological polar surface area (TPSA) is 195 Å². The Bertz CT molecular complexity index is 2160. The SMILES string of the molecule is CC(=O)O[C@@]12CO[C@@H]1C[C@H](O)[C@@]1(C)C(=O)[C@H](C)C3=C(C)[C@@H](OC(=O)[C@H](O)[C@@H](NC(=O)c4ccccc4)c4ccccc4)C[C@@](O)([C@@H](OC(=O)c4ccccc4)C12)C3(C)C. The number of amides is 1. The molecule has 13 nitrogen and oxygen atoms in total. The molecule has 2 bridgehead atoms. The second-order valence-corrected chi connectivity index (χ2v) is 17.1. The van der Waals surface area contributed by atoms with Crippen LogP contribution in [0.25, 0.3) is 0 Å². The largest absolute Gasteiger partial charge is 0.456 e. The predicted molar refractivity (Wildman–Crippen MR) is 211 cm³/mol. The molecule has 7 rings (SSSR count). The first-order valence-electron chi connectivity index (χ1n) is 19.9. The summed E-state index contributed by atoms with van der Waals surface area (Å²) in [6.07, 6.45) is -7.67. The van der Waals surface area contributed by atoms with E-state index in [1.54, 1.807) is 113 Å². The lowest BCUT2D eigenvalue weighted by atomic mass is 9.43. The highest BCUT2D eigenvalue weighted by Gasteiger charge is 2.77. The van der Waals surface area contributed by atoms with Crippen LogP contribution in [-0.2, 0) is 33.3 Å². The Hall–Kier alpha value is -5.21. The summed E-state index contributed by atoms with van der Waals surface area (Å²) < 4.78 is 24.5. The second kappa shape index (κ2) is 15.4. The van der Waals surface area contributed by atoms with E-state index in [1.807, 2.05) is 0 Å². The third kappa shape index (κ3) is 6.77. The molecule has 59 heavy (non-hydrogen) atoms. The molecule has 1 aliphatic heterocycles. The van der Waals surface area contributed by atoms with Crippen molar-refractivity contribution in [1.29, 1.82) is 0 Å². The number of nitrogens with one attached hydrogen (secondary N) is 1. The Labute approximate surface area is 342 Å². The van der Waals surface area contributed by atoms with Gasteiger partial charge in [-0.3, -0.25) is 14.4 Å². The van der Waals surface area contributed by atoms with Gasteiger partial charge in [0.1, 0.15) is 29.7 Å². The van der Waals surface area contributed by atoms with Gasteiger partial charge in [-0.25, -0.2) is 9.59 Å². The number of carbonyl (C=O) groups excluding carboxylic acids is 5. The summed E-state index contributed by atoms with van der Waals surface area (Å²) in [6.45, 7) is 9.32. The number of benzene rings is 3. The van der Waals surface area contributed by atoms with Gasteiger partial charge in [-0.1, -0.05) is 87.5 Å². The molecule has 3 aromatic rings. The van der Waals surface area contributed by atoms with Crippen LogP contribution in [0.15, 0.2) is 102 Å². The van der Waals surface area contributed by atoms with E-state index in [9.17, 15) is 34.5 Å². The maximum Gasteiger partial charge on any atom is 0.338 e. The van der Waals surface area contributed by atoms with Crippen LogP contribution in [0, 0.1) is 22.7 Å². The molecule has 1 heterocycles. The molecular weight excluding hydrogens is 759 g/mol. The quantitative estimate of drug-likeness (QED) is 0.135. The zero-order valence-electron chi connectivity index (χ0n) is 33.9. The molecule has 0 spiro atoms. The first-order valence-corrected chi connectivity index (χ1v) is 19.9. The summed E-state index contributed by atoms with van der Waals surface area (Å²) in [5.74, 6) is -6.06. The number of Topliss-reactive ketones (excluding diaryl/α,β-unsaturated/α-hetero) is 1. The molecule has 3 aliphatic carbocycles. The van der Waals surface area contributed by atoms with Crippen molar-refractivity contribution in [3.8, 4) is 0 Å². The molecule has 1 saturated heterocycles. The summed E-state index contributed by atoms with van der Waals surface area (Å²) >= 11 is 0. The predicted octanol–water partition coefficient (Wildman–Crippen LogP) is 4.44. The van der Waals surface area contributed by atoms with Gasteiger partial charge in [-0.2, -0.15) is 0 Å². The average molecular weight is 810 g/mol. The van der Waals surface area contributed by atoms with Crippen LogP contribution < -0.4 is 5.32 Å². The normalized spacial score (nSPS) is 33.0. The number of hydrogen-bond acceptors (Lipinski definition) is 12. The van der Waals surface area contributed by atoms with Crippen LogP contribution in [0.2, 0.25) is 0 Å². The minimum atomic E-state index is -2.19. The van der Waals surface area contributed by atoms with Gasteiger partial charge in [0, 0.05) is 36.7 Å². The number of rotatable bonds is 9. The lowest BCUT2D eigenvalue weighted by molar-refractivity contribution is -0.345. The fraction of sp³-hybridized carbons (Fsp3) is 0.457. The number of fused-ring (bicyclic) bond motifs is 5. The van der Waals surface area contributed by atoms with Crippen LogP contribution in [0.1, 0.15) is 86.7 Å². The molecule has 0 aromatic heterocycles. The average Bonchev–Trinajstić information content (AvgIpc) is 3.21. The fourth-order valence-electron chi connectivity index (χ4n) is 10.4. The van der Waals surface area contributed by atoms with Crippen molar-refractivity contribution in [3.63, 3.8) is 0 Å². The van der Waals surface area contributed by atoms with E-state index in [1.165, 1.54) is 19.1 Å². The molecule has 3 aromatic carbocycles. The van der Waals surface area contributed by atoms with Crippen molar-refractivity contribution < 1.29 is 58.2 Å². The summed E-state index contributed by atoms with van der Waals surface area (Å²) in [7, 11) is 0. The molecule has 3 fully saturated rings. The number of carbonyl (C=O) groups is 5. The Kier molecular flexibility index (Phi) is 11.0. The standard InChI is InChI=1S/C46H51NO12/c1-25-31(57-42(54)36(50)35(28-16-10-7-11-17-28)47-40(52)29-18-12-8-13-19-29)23-46(55)39(58-41(53)30-20-14-9-15-21-30)37-44(6,38(51)26(2)34(25)43(46,4)5)32(49)22-33-45(37,24-56-33)59-27(3)48/h7-21,26,31-33,35-37,39,49-50,55H,22-24H2,1-6H3,(H,47,52)/t26-,31+,32+,33-,35+,36-,37?,39+,44-,45+,46-/m1/s1. The lowest BCUT2D eigenvalue weighted by Gasteiger charge is -2.67. The van der Waals surface area contributed by atoms with Crippen LogP contribution in [-0.4, -0.2) is 93.2 Å². The summed E-state index contributed by atoms with van der Waals surface area (Å²) in [5.41, 5.74) is -5.28. The Balaban J connectivity index is 1.34. The third-order valence-electron chi connectivity index (χ3n) is 13.5. The van der Waals surface area contributed by atoms with Gasteiger partial charge in [0.2, 0.25) is 0 Å². The van der Waals surface area contributed by atoms with Gasteiger partial charge in [0.05, 0.1) is 35.6 Å². The van der Waals surface area contributed by atoms with E-state index >= 15 is 4.79 Å². The molecular formula is C46H51NO12. The number of esters is 3. The number of ketones is 1. The van der Waals surface area contributed by atoms with Crippen molar-refractivity contribution in [2.75, 3.05) is 6.61 Å². The molecule has 1 amide bonds. The number of aliphatic hydroxyl groups is 3. The van der Waals surface area contributed by atoms with Crippen molar-refractivity contribution in [1.82, 2.24) is 5.32 Å². The van der Waals surface area contributed by atoms with E-state index in [4.69, 9.17) is 18.9 Å². The number of ether oxygens (including phenoxy) is 4. The molecule has 1 unspecified atom stereocenters. The first kappa shape index (κ1) is 41.9. The molecule has 11 atom stereocenters. The Morgan fingerprint density at radius 1 is 0.881 bits per heavy atom. The lowest BCUT2D eigenvalue weighted by Crippen LogP contribution is -2.81. The van der Waals surface area contributed by atoms with Crippen LogP contribution in [0.3, 0.4) is 0 Å². The molecule has 0 radical (unpaired) electrons. The van der Waals surface area contributed by atoms with Gasteiger partial charge < -0.3 is 39.6 Å². The Morgan fingerprint density at radius 3 is 2.02 bits per heavy atom. The van der Waals surface area contributed by atoms with Gasteiger partial charge >= 0.3 is 17.9 Å². The smallest absolute Gasteiger partial charge is 0.338 e. The maximum absolute atomic E-state index is 15.2. The minimum absolute atomic E-state index is 0.0700. The zero-order valence-corrected chi connectivity index (χ0v) is 33.9. The van der Waals surface area contributed by atoms with Crippen molar-refractivity contribution in [3.05, 3.63) is 119 Å². The van der Waals surface area contributed by atoms with E-state index in [0.29, 0.717) is 22.3 Å². The second-order valence-electron chi connectivity index (χ2n) is 17.1. The highest BCUT2D eigenvalue weighted by molar-refractivity contribution is 5.95.